The van der Waals surface area contributed by atoms with E-state index in [9.17, 15) is 9.90 Å². The number of hydrogen-bond donors (Lipinski definition) is 1. The van der Waals surface area contributed by atoms with Crippen LogP contribution < -0.4 is 0 Å². The minimum absolute atomic E-state index is 0.276. The lowest BCUT2D eigenvalue weighted by Crippen LogP contribution is -2.53. The van der Waals surface area contributed by atoms with Gasteiger partial charge in [0.05, 0.1) is 12.7 Å². The number of carbonyl (C=O) groups excluding carboxylic acids is 1. The van der Waals surface area contributed by atoms with Crippen molar-refractivity contribution in [2.75, 3.05) is 13.2 Å². The molecule has 5 nitrogen and oxygen atoms in total. The highest BCUT2D eigenvalue weighted by Crippen LogP contribution is 2.24. The van der Waals surface area contributed by atoms with Crippen LogP contribution in [0, 0.1) is 0 Å². The van der Waals surface area contributed by atoms with Gasteiger partial charge in [0.25, 0.3) is 0 Å². The van der Waals surface area contributed by atoms with Crippen molar-refractivity contribution in [1.82, 2.24) is 4.90 Å². The van der Waals surface area contributed by atoms with Gasteiger partial charge in [0.1, 0.15) is 12.1 Å². The molecule has 28 heavy (non-hydrogen) atoms. The van der Waals surface area contributed by atoms with Gasteiger partial charge in [0.2, 0.25) is 0 Å². The molecule has 1 N–H and O–H groups in total. The summed E-state index contributed by atoms with van der Waals surface area (Å²) in [6, 6.07) is 19.2. The second-order valence-electron chi connectivity index (χ2n) is 7.12. The van der Waals surface area contributed by atoms with Gasteiger partial charge in [0, 0.05) is 19.7 Å². The highest BCUT2D eigenvalue weighted by molar-refractivity contribution is 5.76. The number of esters is 1. The molecule has 0 spiro atoms. The normalized spacial score (nSPS) is 18.8. The van der Waals surface area contributed by atoms with Crippen LogP contribution in [-0.4, -0.2) is 47.4 Å². The summed E-state index contributed by atoms with van der Waals surface area (Å²) >= 11 is 0. The van der Waals surface area contributed by atoms with Gasteiger partial charge in [-0.2, -0.15) is 0 Å². The van der Waals surface area contributed by atoms with Crippen LogP contribution in [0.3, 0.4) is 0 Å². The molecule has 3 rings (SSSR count). The Kier molecular flexibility index (Phi) is 7.60. The Morgan fingerprint density at radius 2 is 1.68 bits per heavy atom. The molecular formula is C23H29NO4. The van der Waals surface area contributed by atoms with Crippen LogP contribution in [0.25, 0.3) is 0 Å². The largest absolute Gasteiger partial charge is 0.465 e. The number of benzene rings is 2. The highest BCUT2D eigenvalue weighted by Gasteiger charge is 2.40. The van der Waals surface area contributed by atoms with Crippen molar-refractivity contribution < 1.29 is 19.4 Å². The Balaban J connectivity index is 1.89. The molecule has 150 valence electrons. The predicted octanol–water partition coefficient (Wildman–Crippen LogP) is 3.16. The molecule has 3 atom stereocenters. The van der Waals surface area contributed by atoms with E-state index in [2.05, 4.69) is 0 Å². The van der Waals surface area contributed by atoms with Crippen LogP contribution in [0.5, 0.6) is 0 Å². The lowest BCUT2D eigenvalue weighted by atomic mass is 10.00. The average Bonchev–Trinajstić information content (AvgIpc) is 3.25. The minimum Gasteiger partial charge on any atom is -0.465 e. The van der Waals surface area contributed by atoms with Crippen molar-refractivity contribution >= 4 is 5.97 Å². The van der Waals surface area contributed by atoms with Crippen LogP contribution >= 0.6 is 0 Å². The van der Waals surface area contributed by atoms with Crippen LogP contribution in [0.15, 0.2) is 60.7 Å². The summed E-state index contributed by atoms with van der Waals surface area (Å²) in [7, 11) is 0. The Bertz CT molecular complexity index is 674. The number of aliphatic hydroxyl groups is 1. The summed E-state index contributed by atoms with van der Waals surface area (Å²) in [5.74, 6) is -0.405. The number of hydrogen-bond acceptors (Lipinski definition) is 5. The van der Waals surface area contributed by atoms with Gasteiger partial charge >= 0.3 is 5.97 Å². The van der Waals surface area contributed by atoms with Gasteiger partial charge in [-0.05, 0) is 30.9 Å². The van der Waals surface area contributed by atoms with Crippen LogP contribution in [0.2, 0.25) is 0 Å². The first-order chi connectivity index (χ1) is 13.7. The zero-order chi connectivity index (χ0) is 19.8. The van der Waals surface area contributed by atoms with Gasteiger partial charge in [0.15, 0.2) is 0 Å². The monoisotopic (exact) mass is 383 g/mol. The standard InChI is InChI=1S/C23H29NO4/c1-2-27-23(26)21(22(25)20-14-9-15-28-20)24(16-18-10-5-3-6-11-18)17-19-12-7-4-8-13-19/h3-8,10-13,20-22,25H,2,9,14-17H2,1H3/t20-,21+,22-/m0/s1. The van der Waals surface area contributed by atoms with E-state index in [0.717, 1.165) is 24.0 Å². The van der Waals surface area contributed by atoms with E-state index in [-0.39, 0.29) is 12.7 Å². The summed E-state index contributed by atoms with van der Waals surface area (Å²) in [5, 5.41) is 11.1. The molecule has 1 saturated heterocycles. The molecule has 0 radical (unpaired) electrons. The fourth-order valence-corrected chi connectivity index (χ4v) is 3.70. The quantitative estimate of drug-likeness (QED) is 0.674. The molecular weight excluding hydrogens is 354 g/mol. The topological polar surface area (TPSA) is 59.0 Å². The first-order valence-corrected chi connectivity index (χ1v) is 9.97. The maximum atomic E-state index is 12.9. The van der Waals surface area contributed by atoms with Crippen molar-refractivity contribution in [3.63, 3.8) is 0 Å². The van der Waals surface area contributed by atoms with Gasteiger partial charge in [-0.15, -0.1) is 0 Å². The van der Waals surface area contributed by atoms with Crippen LogP contribution in [0.1, 0.15) is 30.9 Å². The Morgan fingerprint density at radius 3 is 2.14 bits per heavy atom. The van der Waals surface area contributed by atoms with E-state index in [0.29, 0.717) is 19.7 Å². The van der Waals surface area contributed by atoms with Gasteiger partial charge in [-0.25, -0.2) is 0 Å². The van der Waals surface area contributed by atoms with E-state index >= 15 is 0 Å². The number of aliphatic hydroxyl groups excluding tert-OH is 1. The van der Waals surface area contributed by atoms with Crippen LogP contribution in [0.4, 0.5) is 0 Å². The maximum absolute atomic E-state index is 12.9. The first-order valence-electron chi connectivity index (χ1n) is 9.97. The van der Waals surface area contributed by atoms with Crippen molar-refractivity contribution in [2.45, 2.75) is 51.1 Å². The third-order valence-electron chi connectivity index (χ3n) is 5.05. The predicted molar refractivity (Wildman–Crippen MR) is 108 cm³/mol. The fraction of sp³-hybridized carbons (Fsp3) is 0.435. The zero-order valence-corrected chi connectivity index (χ0v) is 16.4. The van der Waals surface area contributed by atoms with E-state index in [4.69, 9.17) is 9.47 Å². The maximum Gasteiger partial charge on any atom is 0.326 e. The molecule has 0 amide bonds. The molecule has 1 heterocycles. The van der Waals surface area contributed by atoms with E-state index in [1.54, 1.807) is 6.92 Å². The fourth-order valence-electron chi connectivity index (χ4n) is 3.70. The number of nitrogens with zero attached hydrogens (tertiary/aromatic N) is 1. The molecule has 5 heteroatoms. The Hall–Kier alpha value is -2.21. The van der Waals surface area contributed by atoms with Gasteiger partial charge < -0.3 is 14.6 Å². The molecule has 1 fully saturated rings. The van der Waals surface area contributed by atoms with E-state index in [1.807, 2.05) is 65.6 Å². The first kappa shape index (κ1) is 20.5. The third kappa shape index (κ3) is 5.41. The number of ether oxygens (including phenoxy) is 2. The molecule has 2 aromatic carbocycles. The molecule has 0 saturated carbocycles. The van der Waals surface area contributed by atoms with Gasteiger partial charge in [-0.3, -0.25) is 9.69 Å². The van der Waals surface area contributed by atoms with Gasteiger partial charge in [-0.1, -0.05) is 60.7 Å². The second kappa shape index (κ2) is 10.4. The summed E-state index contributed by atoms with van der Waals surface area (Å²) in [6.45, 7) is 3.74. The lowest BCUT2D eigenvalue weighted by molar-refractivity contribution is -0.159. The zero-order valence-electron chi connectivity index (χ0n) is 16.4. The minimum atomic E-state index is -0.936. The lowest BCUT2D eigenvalue weighted by Gasteiger charge is -2.35. The summed E-state index contributed by atoms with van der Waals surface area (Å²) in [6.07, 6.45) is 0.369. The van der Waals surface area contributed by atoms with Crippen molar-refractivity contribution in [1.29, 1.82) is 0 Å². The van der Waals surface area contributed by atoms with Crippen LogP contribution in [-0.2, 0) is 27.4 Å². The molecule has 1 aliphatic heterocycles. The Morgan fingerprint density at radius 1 is 1.11 bits per heavy atom. The molecule has 0 unspecified atom stereocenters. The van der Waals surface area contributed by atoms with Crippen molar-refractivity contribution in [2.24, 2.45) is 0 Å². The molecule has 0 aliphatic carbocycles. The second-order valence-corrected chi connectivity index (χ2v) is 7.12. The average molecular weight is 383 g/mol. The number of rotatable bonds is 9. The molecule has 1 aliphatic rings. The molecule has 2 aromatic rings. The molecule has 0 bridgehead atoms. The van der Waals surface area contributed by atoms with Crippen molar-refractivity contribution in [3.8, 4) is 0 Å². The smallest absolute Gasteiger partial charge is 0.326 e. The van der Waals surface area contributed by atoms with Crippen molar-refractivity contribution in [3.05, 3.63) is 71.8 Å². The van der Waals surface area contributed by atoms with E-state index < -0.39 is 18.1 Å². The molecule has 0 aromatic heterocycles. The van der Waals surface area contributed by atoms with E-state index in [1.165, 1.54) is 0 Å². The summed E-state index contributed by atoms with van der Waals surface area (Å²) < 4.78 is 11.0. The highest BCUT2D eigenvalue weighted by atomic mass is 16.5. The number of carbonyl (C=O) groups is 1. The summed E-state index contributed by atoms with van der Waals surface area (Å²) in [4.78, 5) is 14.9. The third-order valence-corrected chi connectivity index (χ3v) is 5.05. The Labute approximate surface area is 166 Å². The SMILES string of the molecule is CCOC(=O)[C@@H]([C@@H](O)[C@@H]1CCCO1)N(Cc1ccccc1)Cc1ccccc1. The summed E-state index contributed by atoms with van der Waals surface area (Å²) in [5.41, 5.74) is 2.15.